The molecule has 18 rings (SSSR count). The molecule has 510 valence electrons. The van der Waals surface area contributed by atoms with Crippen molar-refractivity contribution in [3.05, 3.63) is 202 Å². The summed E-state index contributed by atoms with van der Waals surface area (Å²) in [6.07, 6.45) is 13.2. The van der Waals surface area contributed by atoms with Gasteiger partial charge in [0, 0.05) is 61.2 Å². The number of benzene rings is 5. The van der Waals surface area contributed by atoms with Crippen LogP contribution in [0.1, 0.15) is 117 Å². The van der Waals surface area contributed by atoms with Crippen molar-refractivity contribution >= 4 is 103 Å². The van der Waals surface area contributed by atoms with Gasteiger partial charge >= 0.3 is 0 Å². The summed E-state index contributed by atoms with van der Waals surface area (Å²) < 4.78 is 32.1. The summed E-state index contributed by atoms with van der Waals surface area (Å²) >= 11 is 0. The minimum atomic E-state index is -2.28. The fraction of sp³-hybridized carbons (Fsp3) is 0.320. The number of hydrogen-bond donors (Lipinski definition) is 3. The van der Waals surface area contributed by atoms with Gasteiger partial charge in [-0.3, -0.25) is 53.0 Å². The number of fused-ring (bicyclic) bond motifs is 15. The van der Waals surface area contributed by atoms with Crippen molar-refractivity contribution in [2.24, 2.45) is 15.0 Å². The molecule has 5 aromatic carbocycles. The Labute approximate surface area is 579 Å². The van der Waals surface area contributed by atoms with Gasteiger partial charge in [-0.05, 0) is 170 Å². The number of guanidine groups is 3. The summed E-state index contributed by atoms with van der Waals surface area (Å²) in [6.45, 7) is 5.02. The van der Waals surface area contributed by atoms with E-state index < -0.39 is 9.52 Å². The predicted octanol–water partition coefficient (Wildman–Crippen LogP) is 11.4. The van der Waals surface area contributed by atoms with Crippen LogP contribution in [0.15, 0.2) is 172 Å². The van der Waals surface area contributed by atoms with Crippen LogP contribution < -0.4 is 30.7 Å². The van der Waals surface area contributed by atoms with Crippen LogP contribution in [-0.4, -0.2) is 158 Å². The van der Waals surface area contributed by atoms with Gasteiger partial charge in [0.05, 0.1) is 55.9 Å². The number of hydrogen-bond acceptors (Lipinski definition) is 17. The number of para-hydroxylation sites is 3. The highest BCUT2D eigenvalue weighted by Gasteiger charge is 2.53. The summed E-state index contributed by atoms with van der Waals surface area (Å²) in [5.41, 5.74) is 8.71. The zero-order valence-electron chi connectivity index (χ0n) is 56.7. The Morgan fingerprint density at radius 1 is 0.480 bits per heavy atom. The number of halogens is 1. The molecule has 0 saturated heterocycles. The molecule has 1 unspecified atom stereocenters. The lowest BCUT2D eigenvalue weighted by Gasteiger charge is -2.34. The maximum atomic E-state index is 14.3. The molecule has 10 heterocycles. The molecule has 25 heteroatoms. The molecule has 23 nitrogen and oxygen atoms in total. The first-order chi connectivity index (χ1) is 48.4. The van der Waals surface area contributed by atoms with Gasteiger partial charge in [0.25, 0.3) is 17.7 Å². The standard InChI is InChI=1S/C26H28N6O2S.C25H25FN6O.C24H25N7O/c1-30-25(33)22-23(27-18-8-5-4-6-9-18)31(16-17-12-14-19(15-13-17)35(2,3)34)29-24(22)32-21-11-7-10-20(21)28-26(30)32;1-15-11-12-16(13-18(15)26)14-31-22(27-17-7-4-3-5-8-17)21-23(29-31)32-20-10-6-9-19(20)28-25(32)30(2)24(21)33;1-15-11-12-16(13-25-15)14-30-21(26-17-7-4-3-5-8-17)20-22(28-30)31-19-10-6-9-18(19)27-24(31)29(2)23(20)32/h4-6,8-9,12-15,20-21,27H,2,7,10-11,16H2,1,3H3;3-5,7-8,11-13,19-20,27H,6,9-10,14H2,1-2H3;3-5,7-8,11-13,18-19,26H,6,9-10,14H2,1-2H3/t20-,21+,35?;19-,20+;18-,19+/m111/s1. The number of anilines is 9. The fourth-order valence-corrected chi connectivity index (χ4v) is 16.1. The highest BCUT2D eigenvalue weighted by molar-refractivity contribution is 7.99. The van der Waals surface area contributed by atoms with E-state index in [1.54, 1.807) is 52.7 Å². The van der Waals surface area contributed by atoms with Gasteiger partial charge in [-0.15, -0.1) is 0 Å². The van der Waals surface area contributed by atoms with Gasteiger partial charge in [-0.25, -0.2) is 33.4 Å². The lowest BCUT2D eigenvalue weighted by molar-refractivity contribution is 0.0857. The van der Waals surface area contributed by atoms with Crippen molar-refractivity contribution in [3.63, 3.8) is 0 Å². The molecule has 6 aliphatic heterocycles. The maximum Gasteiger partial charge on any atom is 0.267 e. The second-order valence-corrected chi connectivity index (χ2v) is 29.8. The van der Waals surface area contributed by atoms with Crippen molar-refractivity contribution in [3.8, 4) is 0 Å². The lowest BCUT2D eigenvalue weighted by atomic mass is 10.1. The highest BCUT2D eigenvalue weighted by atomic mass is 32.2. The lowest BCUT2D eigenvalue weighted by Crippen LogP contribution is -2.51. The third-order valence-electron chi connectivity index (χ3n) is 20.5. The number of aryl methyl sites for hydroxylation is 2. The van der Waals surface area contributed by atoms with Crippen LogP contribution in [0, 0.1) is 19.7 Å². The van der Waals surface area contributed by atoms with E-state index in [1.807, 2.05) is 157 Å². The molecule has 3 saturated carbocycles. The number of aliphatic imine (C=N–C) groups is 3. The fourth-order valence-electron chi connectivity index (χ4n) is 15.3. The number of nitrogens with zero attached hydrogens (tertiary/aromatic N) is 16. The third kappa shape index (κ3) is 11.4. The summed E-state index contributed by atoms with van der Waals surface area (Å²) in [6, 6.07) is 47.6. The molecular weight excluding hydrogens is 1280 g/mol. The van der Waals surface area contributed by atoms with Gasteiger partial charge in [0.2, 0.25) is 17.9 Å². The molecule has 3 N–H and O–H groups in total. The minimum Gasteiger partial charge on any atom is -0.340 e. The largest absolute Gasteiger partial charge is 0.340 e. The Morgan fingerprint density at radius 2 is 0.840 bits per heavy atom. The summed E-state index contributed by atoms with van der Waals surface area (Å²) in [5.74, 6) is 9.27. The predicted molar refractivity (Wildman–Crippen MR) is 389 cm³/mol. The van der Waals surface area contributed by atoms with Gasteiger partial charge in [-0.1, -0.05) is 84.9 Å². The van der Waals surface area contributed by atoms with E-state index in [-0.39, 0.29) is 59.8 Å². The monoisotopic (exact) mass is 1360 g/mol. The number of pyridine rings is 1. The summed E-state index contributed by atoms with van der Waals surface area (Å²) in [4.78, 5) is 71.9. The SMILES string of the molecule is C=S(C)(=O)c1ccc(Cn2nc3c(c2Nc2ccccc2)C(=O)N(C)C2=N[C@@H]4CCC[C@@H]4N23)cc1.Cc1ccc(Cn2nc3c(c2Nc2ccccc2)C(=O)N(C)C2=N[C@@H]4CCC[C@@H]4N23)cc1F.Cc1ccc(Cn2nc3c(c2Nc2ccccc2)C(=O)N(C)C2=N[C@@H]4CCC[C@@H]4N23)cn1. The van der Waals surface area contributed by atoms with Gasteiger partial charge in [0.15, 0.2) is 17.5 Å². The zero-order chi connectivity index (χ0) is 68.8. The van der Waals surface area contributed by atoms with E-state index in [1.165, 1.54) is 6.07 Å². The molecule has 3 amide bonds. The second-order valence-electron chi connectivity index (χ2n) is 27.3. The van der Waals surface area contributed by atoms with Crippen molar-refractivity contribution < 1.29 is 23.0 Å². The highest BCUT2D eigenvalue weighted by Crippen LogP contribution is 2.47. The Hall–Kier alpha value is -11.0. The number of amides is 3. The van der Waals surface area contributed by atoms with Crippen LogP contribution in [-0.2, 0) is 29.2 Å². The number of carbonyl (C=O) groups is 3. The first-order valence-corrected chi connectivity index (χ1v) is 36.4. The molecule has 100 heavy (non-hydrogen) atoms. The molecule has 3 fully saturated rings. The molecule has 0 radical (unpaired) electrons. The third-order valence-corrected chi connectivity index (χ3v) is 21.8. The van der Waals surface area contributed by atoms with E-state index in [2.05, 4.69) is 47.6 Å². The van der Waals surface area contributed by atoms with Crippen LogP contribution in [0.5, 0.6) is 0 Å². The number of nitrogens with one attached hydrogen (secondary N) is 3. The van der Waals surface area contributed by atoms with E-state index in [4.69, 9.17) is 30.3 Å². The van der Waals surface area contributed by atoms with E-state index in [0.29, 0.717) is 93.6 Å². The smallest absolute Gasteiger partial charge is 0.267 e. The molecule has 0 bridgehead atoms. The molecule has 9 aliphatic rings. The van der Waals surface area contributed by atoms with Crippen molar-refractivity contribution in [1.82, 2.24) is 49.0 Å². The average molecular weight is 1360 g/mol. The normalized spacial score (nSPS) is 21.6. The average Bonchev–Trinajstić information content (AvgIpc) is 1.58. The molecule has 7 atom stereocenters. The maximum absolute atomic E-state index is 14.3. The van der Waals surface area contributed by atoms with E-state index in [0.717, 1.165) is 103 Å². The number of rotatable bonds is 13. The van der Waals surface area contributed by atoms with Crippen LogP contribution in [0.2, 0.25) is 0 Å². The van der Waals surface area contributed by atoms with Crippen LogP contribution in [0.4, 0.5) is 56.4 Å². The minimum absolute atomic E-state index is 0.0818. The molecule has 0 spiro atoms. The van der Waals surface area contributed by atoms with Crippen molar-refractivity contribution in [2.45, 2.75) is 132 Å². The number of aromatic nitrogens is 7. The first-order valence-electron chi connectivity index (χ1n) is 34.2. The quantitative estimate of drug-likeness (QED) is 0.0913. The van der Waals surface area contributed by atoms with Gasteiger partial charge in [-0.2, -0.15) is 15.3 Å². The molecule has 9 aromatic rings. The molecular formula is C75H78FN19O4S. The van der Waals surface area contributed by atoms with E-state index >= 15 is 0 Å². The zero-order valence-corrected chi connectivity index (χ0v) is 57.5. The van der Waals surface area contributed by atoms with Crippen molar-refractivity contribution in [2.75, 3.05) is 58.0 Å². The summed E-state index contributed by atoms with van der Waals surface area (Å²) in [5, 5.41) is 25.2. The van der Waals surface area contributed by atoms with Gasteiger partial charge < -0.3 is 16.0 Å². The Kier molecular flexibility index (Phi) is 16.2. The van der Waals surface area contributed by atoms with Crippen LogP contribution in [0.3, 0.4) is 0 Å². The Morgan fingerprint density at radius 3 is 1.20 bits per heavy atom. The number of carbonyl (C=O) groups excluding carboxylic acids is 3. The van der Waals surface area contributed by atoms with Gasteiger partial charge in [0.1, 0.15) is 40.0 Å². The Balaban J connectivity index is 0.000000117. The topological polar surface area (TPSA) is 227 Å². The Bertz CT molecular complexity index is 4920. The first kappa shape index (κ1) is 63.8. The molecule has 3 aliphatic carbocycles. The van der Waals surface area contributed by atoms with Crippen LogP contribution >= 0.6 is 0 Å². The van der Waals surface area contributed by atoms with Crippen molar-refractivity contribution in [1.29, 1.82) is 0 Å². The van der Waals surface area contributed by atoms with E-state index in [9.17, 15) is 23.0 Å². The van der Waals surface area contributed by atoms with Crippen LogP contribution in [0.25, 0.3) is 0 Å². The molecule has 4 aromatic heterocycles. The second kappa shape index (κ2) is 25.4. The summed E-state index contributed by atoms with van der Waals surface area (Å²) in [7, 11) is 3.10.